The zero-order chi connectivity index (χ0) is 19.6. The molecule has 1 amide bonds. The van der Waals surface area contributed by atoms with Crippen LogP contribution in [-0.2, 0) is 14.8 Å². The highest BCUT2D eigenvalue weighted by atomic mass is 32.2. The number of nitrogens with one attached hydrogen (secondary N) is 1. The van der Waals surface area contributed by atoms with Crippen LogP contribution in [0.5, 0.6) is 0 Å². The Bertz CT molecular complexity index is 1020. The van der Waals surface area contributed by atoms with Gasteiger partial charge in [0.1, 0.15) is 0 Å². The highest BCUT2D eigenvalue weighted by Gasteiger charge is 2.34. The van der Waals surface area contributed by atoms with Crippen molar-refractivity contribution in [2.24, 2.45) is 0 Å². The van der Waals surface area contributed by atoms with Crippen molar-refractivity contribution < 1.29 is 13.2 Å². The molecule has 2 aliphatic rings. The minimum absolute atomic E-state index is 0.0104. The number of carbonyl (C=O) groups is 1. The normalized spacial score (nSPS) is 17.6. The number of hydrogen-bond donors (Lipinski definition) is 1. The van der Waals surface area contributed by atoms with Crippen LogP contribution in [0, 0.1) is 0 Å². The summed E-state index contributed by atoms with van der Waals surface area (Å²) < 4.78 is 27.3. The van der Waals surface area contributed by atoms with E-state index in [1.807, 2.05) is 24.3 Å². The van der Waals surface area contributed by atoms with Crippen LogP contribution < -0.4 is 9.62 Å². The van der Waals surface area contributed by atoms with Gasteiger partial charge < -0.3 is 5.32 Å². The predicted molar refractivity (Wildman–Crippen MR) is 112 cm³/mol. The Morgan fingerprint density at radius 2 is 1.93 bits per heavy atom. The first-order valence-corrected chi connectivity index (χ1v) is 11.5. The van der Waals surface area contributed by atoms with Crippen LogP contribution in [0.4, 0.5) is 5.69 Å². The average molecular weight is 399 g/mol. The summed E-state index contributed by atoms with van der Waals surface area (Å²) in [5, 5.41) is 4.68. The van der Waals surface area contributed by atoms with Crippen LogP contribution in [0.25, 0.3) is 10.8 Å². The Kier molecular flexibility index (Phi) is 5.40. The topological polar surface area (TPSA) is 66.5 Å². The summed E-state index contributed by atoms with van der Waals surface area (Å²) in [5.74, 6) is -0.0104. The zero-order valence-corrected chi connectivity index (χ0v) is 16.8. The molecule has 0 saturated heterocycles. The van der Waals surface area contributed by atoms with Gasteiger partial charge in [-0.25, -0.2) is 8.42 Å². The maximum absolute atomic E-state index is 12.9. The summed E-state index contributed by atoms with van der Waals surface area (Å²) in [7, 11) is -3.53. The van der Waals surface area contributed by atoms with Crippen molar-refractivity contribution in [3.63, 3.8) is 0 Å². The lowest BCUT2D eigenvalue weighted by Crippen LogP contribution is -2.30. The van der Waals surface area contributed by atoms with E-state index < -0.39 is 10.0 Å². The van der Waals surface area contributed by atoms with Crippen molar-refractivity contribution in [3.8, 4) is 0 Å². The predicted octanol–water partition coefficient (Wildman–Crippen LogP) is 4.14. The Labute approximate surface area is 166 Å². The molecule has 0 atom stereocenters. The van der Waals surface area contributed by atoms with Gasteiger partial charge >= 0.3 is 0 Å². The van der Waals surface area contributed by atoms with Crippen LogP contribution in [0.2, 0.25) is 0 Å². The van der Waals surface area contributed by atoms with Gasteiger partial charge in [-0.2, -0.15) is 0 Å². The van der Waals surface area contributed by atoms with E-state index in [4.69, 9.17) is 0 Å². The summed E-state index contributed by atoms with van der Waals surface area (Å²) in [5.41, 5.74) is 2.17. The minimum atomic E-state index is -3.53. The smallest absolute Gasteiger partial charge is 0.265 e. The second-order valence-corrected chi connectivity index (χ2v) is 9.35. The lowest BCUT2D eigenvalue weighted by atomic mass is 9.97. The van der Waals surface area contributed by atoms with E-state index in [9.17, 15) is 13.2 Å². The molecule has 6 heteroatoms. The van der Waals surface area contributed by atoms with E-state index in [1.165, 1.54) is 22.7 Å². The monoisotopic (exact) mass is 398 g/mol. The van der Waals surface area contributed by atoms with Crippen molar-refractivity contribution in [2.75, 3.05) is 17.4 Å². The molecule has 4 rings (SSSR count). The SMILES string of the molecule is O=C(CCCN1c2cccc3cccc(c23)S1(=O)=O)NCCC1=CCCCC1. The van der Waals surface area contributed by atoms with E-state index in [-0.39, 0.29) is 5.91 Å². The molecule has 0 spiro atoms. The van der Waals surface area contributed by atoms with Gasteiger partial charge in [-0.1, -0.05) is 35.9 Å². The number of rotatable bonds is 7. The number of carbonyl (C=O) groups excluding carboxylic acids is 1. The number of anilines is 1. The van der Waals surface area contributed by atoms with Crippen LogP contribution in [-0.4, -0.2) is 27.4 Å². The van der Waals surface area contributed by atoms with Crippen LogP contribution in [0.3, 0.4) is 0 Å². The molecule has 28 heavy (non-hydrogen) atoms. The van der Waals surface area contributed by atoms with E-state index in [2.05, 4.69) is 11.4 Å². The number of amides is 1. The maximum Gasteiger partial charge on any atom is 0.265 e. The third-order valence-electron chi connectivity index (χ3n) is 5.60. The molecule has 0 unspecified atom stereocenters. The molecule has 0 fully saturated rings. The fraction of sp³-hybridized carbons (Fsp3) is 0.409. The van der Waals surface area contributed by atoms with Crippen molar-refractivity contribution in [1.29, 1.82) is 0 Å². The molecule has 1 aliphatic heterocycles. The molecular formula is C22H26N2O3S. The lowest BCUT2D eigenvalue weighted by molar-refractivity contribution is -0.121. The first kappa shape index (κ1) is 19.0. The van der Waals surface area contributed by atoms with Crippen LogP contribution >= 0.6 is 0 Å². The number of nitrogens with zero attached hydrogens (tertiary/aromatic N) is 1. The van der Waals surface area contributed by atoms with E-state index in [0.717, 1.165) is 35.7 Å². The fourth-order valence-electron chi connectivity index (χ4n) is 4.16. The van der Waals surface area contributed by atoms with Gasteiger partial charge in [0.2, 0.25) is 5.91 Å². The second-order valence-electron chi connectivity index (χ2n) is 7.52. The Morgan fingerprint density at radius 1 is 1.11 bits per heavy atom. The van der Waals surface area contributed by atoms with Gasteiger partial charge in [-0.05, 0) is 56.0 Å². The van der Waals surface area contributed by atoms with Gasteiger partial charge in [-0.3, -0.25) is 9.10 Å². The zero-order valence-electron chi connectivity index (χ0n) is 16.0. The summed E-state index contributed by atoms with van der Waals surface area (Å²) >= 11 is 0. The lowest BCUT2D eigenvalue weighted by Gasteiger charge is -2.18. The molecule has 2 aromatic rings. The van der Waals surface area contributed by atoms with Gasteiger partial charge in [-0.15, -0.1) is 0 Å². The third-order valence-corrected chi connectivity index (χ3v) is 7.46. The Hall–Kier alpha value is -2.34. The highest BCUT2D eigenvalue weighted by Crippen LogP contribution is 2.41. The molecule has 0 aromatic heterocycles. The number of allylic oxidation sites excluding steroid dienone is 1. The van der Waals surface area contributed by atoms with Gasteiger partial charge in [0.25, 0.3) is 10.0 Å². The van der Waals surface area contributed by atoms with E-state index >= 15 is 0 Å². The molecule has 1 heterocycles. The molecule has 1 N–H and O–H groups in total. The van der Waals surface area contributed by atoms with Crippen molar-refractivity contribution in [2.45, 2.75) is 49.8 Å². The summed E-state index contributed by atoms with van der Waals surface area (Å²) in [6.45, 7) is 0.978. The van der Waals surface area contributed by atoms with Crippen molar-refractivity contribution in [1.82, 2.24) is 5.32 Å². The largest absolute Gasteiger partial charge is 0.356 e. The van der Waals surface area contributed by atoms with Crippen molar-refractivity contribution >= 4 is 32.4 Å². The molecule has 0 saturated carbocycles. The summed E-state index contributed by atoms with van der Waals surface area (Å²) in [4.78, 5) is 12.5. The molecule has 2 aromatic carbocycles. The molecule has 5 nitrogen and oxygen atoms in total. The quantitative estimate of drug-likeness (QED) is 0.713. The molecule has 0 bridgehead atoms. The standard InChI is InChI=1S/C22H26N2O3S/c25-21(23-15-14-17-7-2-1-3-8-17)13-6-16-24-19-11-4-9-18-10-5-12-20(22(18)19)28(24,26)27/h4-5,7,9-12H,1-3,6,8,13-16H2,(H,23,25). The van der Waals surface area contributed by atoms with Crippen molar-refractivity contribution in [3.05, 3.63) is 48.0 Å². The highest BCUT2D eigenvalue weighted by molar-refractivity contribution is 7.93. The third kappa shape index (κ3) is 3.65. The van der Waals surface area contributed by atoms with Gasteiger partial charge in [0.05, 0.1) is 10.6 Å². The fourth-order valence-corrected chi connectivity index (χ4v) is 5.91. The Balaban J connectivity index is 1.32. The van der Waals surface area contributed by atoms with Gasteiger partial charge in [0.15, 0.2) is 0 Å². The van der Waals surface area contributed by atoms with Gasteiger partial charge in [0, 0.05) is 24.9 Å². The first-order valence-electron chi connectivity index (χ1n) is 10.1. The summed E-state index contributed by atoms with van der Waals surface area (Å²) in [6.07, 6.45) is 8.87. The number of hydrogen-bond acceptors (Lipinski definition) is 3. The van der Waals surface area contributed by atoms with E-state index in [0.29, 0.717) is 30.8 Å². The average Bonchev–Trinajstić information content (AvgIpc) is 2.92. The number of sulfonamides is 1. The second kappa shape index (κ2) is 7.95. The van der Waals surface area contributed by atoms with E-state index in [1.54, 1.807) is 12.1 Å². The number of benzene rings is 2. The summed E-state index contributed by atoms with van der Waals surface area (Å²) in [6, 6.07) is 11.0. The molecular weight excluding hydrogens is 372 g/mol. The molecule has 0 radical (unpaired) electrons. The van der Waals surface area contributed by atoms with Crippen LogP contribution in [0.15, 0.2) is 52.9 Å². The minimum Gasteiger partial charge on any atom is -0.356 e. The first-order chi connectivity index (χ1) is 13.6. The van der Waals surface area contributed by atoms with Crippen LogP contribution in [0.1, 0.15) is 44.9 Å². The Morgan fingerprint density at radius 3 is 2.71 bits per heavy atom. The molecule has 148 valence electrons. The molecule has 1 aliphatic carbocycles. The maximum atomic E-state index is 12.9.